The summed E-state index contributed by atoms with van der Waals surface area (Å²) < 4.78 is 5.78. The largest absolute Gasteiger partial charge is 0.486 e. The predicted octanol–water partition coefficient (Wildman–Crippen LogP) is 3.72. The Kier molecular flexibility index (Phi) is 6.41. The molecule has 1 aliphatic heterocycles. The summed E-state index contributed by atoms with van der Waals surface area (Å²) in [4.78, 5) is 29.0. The summed E-state index contributed by atoms with van der Waals surface area (Å²) >= 11 is 6.07. The molecule has 3 N–H and O–H groups in total. The van der Waals surface area contributed by atoms with E-state index >= 15 is 0 Å². The van der Waals surface area contributed by atoms with Crippen molar-refractivity contribution in [2.24, 2.45) is 0 Å². The predicted molar refractivity (Wildman–Crippen MR) is 108 cm³/mol. The number of hydrogen-bond donors (Lipinski definition) is 3. The van der Waals surface area contributed by atoms with E-state index in [0.29, 0.717) is 16.3 Å². The Labute approximate surface area is 173 Å². The van der Waals surface area contributed by atoms with Crippen molar-refractivity contribution in [2.75, 3.05) is 6.61 Å². The van der Waals surface area contributed by atoms with Gasteiger partial charge in [0.2, 0.25) is 0 Å². The van der Waals surface area contributed by atoms with Crippen LogP contribution in [0.1, 0.15) is 46.2 Å². The zero-order chi connectivity index (χ0) is 21.0. The fourth-order valence-corrected chi connectivity index (χ4v) is 3.00. The smallest absolute Gasteiger partial charge is 0.335 e. The van der Waals surface area contributed by atoms with Gasteiger partial charge in [-0.2, -0.15) is 0 Å². The highest BCUT2D eigenvalue weighted by atomic mass is 35.5. The molecule has 1 aliphatic rings. The van der Waals surface area contributed by atoms with Crippen molar-refractivity contribution in [3.05, 3.63) is 76.0 Å². The van der Waals surface area contributed by atoms with E-state index < -0.39 is 5.97 Å². The molecular weight excluding hydrogens is 396 g/mol. The molecule has 1 unspecified atom stereocenters. The number of rotatable bonds is 7. The number of halogens is 1. The summed E-state index contributed by atoms with van der Waals surface area (Å²) in [6.07, 6.45) is 1.84. The summed E-state index contributed by atoms with van der Waals surface area (Å²) in [6.45, 7) is 3.93. The summed E-state index contributed by atoms with van der Waals surface area (Å²) in [6, 6.07) is 10.8. The molecule has 0 saturated heterocycles. The second-order valence-corrected chi connectivity index (χ2v) is 7.10. The van der Waals surface area contributed by atoms with Gasteiger partial charge >= 0.3 is 5.97 Å². The molecule has 152 valence electrons. The van der Waals surface area contributed by atoms with Crippen LogP contribution in [0.25, 0.3) is 0 Å². The highest BCUT2D eigenvalue weighted by Crippen LogP contribution is 2.25. The lowest BCUT2D eigenvalue weighted by molar-refractivity contribution is 0.0491. The van der Waals surface area contributed by atoms with E-state index in [1.54, 1.807) is 30.3 Å². The van der Waals surface area contributed by atoms with E-state index in [4.69, 9.17) is 26.3 Å². The number of hydroxylamine groups is 1. The number of nitrogens with one attached hydrogen (secondary N) is 2. The van der Waals surface area contributed by atoms with E-state index in [1.807, 2.05) is 19.9 Å². The molecule has 0 aromatic heterocycles. The molecule has 0 fully saturated rings. The van der Waals surface area contributed by atoms with Gasteiger partial charge in [0.25, 0.3) is 5.91 Å². The summed E-state index contributed by atoms with van der Waals surface area (Å²) in [5.41, 5.74) is 4.81. The minimum atomic E-state index is -0.999. The minimum Gasteiger partial charge on any atom is -0.486 e. The van der Waals surface area contributed by atoms with Crippen LogP contribution in [0.5, 0.6) is 5.75 Å². The van der Waals surface area contributed by atoms with Crippen LogP contribution in [-0.2, 0) is 4.84 Å². The van der Waals surface area contributed by atoms with Crippen molar-refractivity contribution in [3.8, 4) is 5.75 Å². The second kappa shape index (κ2) is 8.98. The number of hydrogen-bond acceptors (Lipinski definition) is 5. The molecule has 0 radical (unpaired) electrons. The Bertz CT molecular complexity index is 943. The van der Waals surface area contributed by atoms with Crippen molar-refractivity contribution in [1.29, 1.82) is 0 Å². The first-order chi connectivity index (χ1) is 13.8. The summed E-state index contributed by atoms with van der Waals surface area (Å²) in [7, 11) is 0. The molecule has 0 aliphatic carbocycles. The van der Waals surface area contributed by atoms with E-state index in [0.717, 1.165) is 11.3 Å². The molecule has 0 bridgehead atoms. The minimum absolute atomic E-state index is 0.0463. The zero-order valence-corrected chi connectivity index (χ0v) is 16.7. The average Bonchev–Trinajstić information content (AvgIpc) is 3.12. The number of aromatic carboxylic acids is 1. The molecule has 2 atom stereocenters. The summed E-state index contributed by atoms with van der Waals surface area (Å²) in [5, 5.41) is 12.3. The maximum Gasteiger partial charge on any atom is 0.335 e. The third-order valence-corrected chi connectivity index (χ3v) is 4.62. The van der Waals surface area contributed by atoms with Crippen LogP contribution in [0.3, 0.4) is 0 Å². The van der Waals surface area contributed by atoms with Gasteiger partial charge in [0.1, 0.15) is 18.5 Å². The fraction of sp³-hybridized carbons (Fsp3) is 0.238. The SMILES string of the molecule is CC1C=C(COc2ccc(Cl)cc2C(=O)N[C@@H](C)c2ccc(C(=O)O)cc2)NO1. The number of carbonyl (C=O) groups is 2. The first-order valence-corrected chi connectivity index (χ1v) is 9.40. The van der Waals surface area contributed by atoms with Gasteiger partial charge < -0.3 is 15.2 Å². The van der Waals surface area contributed by atoms with Gasteiger partial charge in [0.15, 0.2) is 0 Å². The Morgan fingerprint density at radius 2 is 2.00 bits per heavy atom. The molecule has 2 aromatic rings. The molecule has 0 spiro atoms. The van der Waals surface area contributed by atoms with Gasteiger partial charge in [-0.1, -0.05) is 23.7 Å². The van der Waals surface area contributed by atoms with Crippen molar-refractivity contribution >= 4 is 23.5 Å². The normalized spacial score (nSPS) is 16.5. The van der Waals surface area contributed by atoms with Crippen molar-refractivity contribution in [2.45, 2.75) is 26.0 Å². The van der Waals surface area contributed by atoms with Crippen molar-refractivity contribution in [1.82, 2.24) is 10.8 Å². The van der Waals surface area contributed by atoms with E-state index in [2.05, 4.69) is 10.8 Å². The van der Waals surface area contributed by atoms with E-state index in [1.165, 1.54) is 12.1 Å². The first kappa shape index (κ1) is 20.7. The van der Waals surface area contributed by atoms with Gasteiger partial charge in [0.05, 0.1) is 22.9 Å². The molecule has 1 heterocycles. The Balaban J connectivity index is 1.71. The molecule has 8 heteroatoms. The topological polar surface area (TPSA) is 96.9 Å². The van der Waals surface area contributed by atoms with Crippen LogP contribution in [0, 0.1) is 0 Å². The average molecular weight is 417 g/mol. The first-order valence-electron chi connectivity index (χ1n) is 9.02. The molecule has 3 rings (SSSR count). The van der Waals surface area contributed by atoms with Crippen LogP contribution in [0.2, 0.25) is 5.02 Å². The number of amides is 1. The van der Waals surface area contributed by atoms with Crippen LogP contribution in [0.15, 0.2) is 54.2 Å². The highest BCUT2D eigenvalue weighted by Gasteiger charge is 2.18. The maximum absolute atomic E-state index is 12.8. The number of carboxylic acids is 1. The molecular formula is C21H21ClN2O5. The third-order valence-electron chi connectivity index (χ3n) is 4.39. The third kappa shape index (κ3) is 5.28. The second-order valence-electron chi connectivity index (χ2n) is 6.67. The van der Waals surface area contributed by atoms with Crippen molar-refractivity contribution in [3.63, 3.8) is 0 Å². The molecule has 29 heavy (non-hydrogen) atoms. The number of carboxylic acid groups (broad SMARTS) is 1. The number of carbonyl (C=O) groups excluding carboxylic acids is 1. The van der Waals surface area contributed by atoms with E-state index in [9.17, 15) is 9.59 Å². The van der Waals surface area contributed by atoms with Gasteiger partial charge in [-0.05, 0) is 55.8 Å². The molecule has 2 aromatic carbocycles. The lowest BCUT2D eigenvalue weighted by Crippen LogP contribution is -2.27. The number of ether oxygens (including phenoxy) is 1. The van der Waals surface area contributed by atoms with Crippen LogP contribution in [-0.4, -0.2) is 29.7 Å². The lowest BCUT2D eigenvalue weighted by Gasteiger charge is -2.17. The van der Waals surface area contributed by atoms with Crippen LogP contribution < -0.4 is 15.5 Å². The Hall–Kier alpha value is -3.03. The molecule has 0 saturated carbocycles. The van der Waals surface area contributed by atoms with Gasteiger partial charge in [-0.25, -0.2) is 4.79 Å². The van der Waals surface area contributed by atoms with E-state index in [-0.39, 0.29) is 30.2 Å². The quantitative estimate of drug-likeness (QED) is 0.636. The van der Waals surface area contributed by atoms with Crippen LogP contribution >= 0.6 is 11.6 Å². The molecule has 7 nitrogen and oxygen atoms in total. The highest BCUT2D eigenvalue weighted by molar-refractivity contribution is 6.31. The van der Waals surface area contributed by atoms with Crippen molar-refractivity contribution < 1.29 is 24.3 Å². The fourth-order valence-electron chi connectivity index (χ4n) is 2.83. The van der Waals surface area contributed by atoms with Gasteiger partial charge in [0, 0.05) is 5.02 Å². The maximum atomic E-state index is 12.8. The van der Waals surface area contributed by atoms with Gasteiger partial charge in [-0.3, -0.25) is 15.1 Å². The zero-order valence-electron chi connectivity index (χ0n) is 15.9. The Morgan fingerprint density at radius 3 is 2.62 bits per heavy atom. The van der Waals surface area contributed by atoms with Gasteiger partial charge in [-0.15, -0.1) is 0 Å². The molecule has 1 amide bonds. The lowest BCUT2D eigenvalue weighted by atomic mass is 10.1. The van der Waals surface area contributed by atoms with Crippen LogP contribution in [0.4, 0.5) is 0 Å². The Morgan fingerprint density at radius 1 is 1.28 bits per heavy atom. The number of benzene rings is 2. The summed E-state index contributed by atoms with van der Waals surface area (Å²) in [5.74, 6) is -0.960. The monoisotopic (exact) mass is 416 g/mol. The standard InChI is InChI=1S/C21H21ClN2O5/c1-12-9-17(24-29-12)11-28-19-8-7-16(22)10-18(19)20(25)23-13(2)14-3-5-15(6-4-14)21(26)27/h3-10,12-13,24H,11H2,1-2H3,(H,23,25)(H,26,27)/t12?,13-/m0/s1.